The molecule has 5 rings (SSSR count). The summed E-state index contributed by atoms with van der Waals surface area (Å²) >= 11 is 0. The fourth-order valence-corrected chi connectivity index (χ4v) is 4.12. The third kappa shape index (κ3) is 4.03. The molecule has 0 saturated carbocycles. The Morgan fingerprint density at radius 2 is 1.70 bits per heavy atom. The minimum Gasteiger partial charge on any atom is -0.361 e. The van der Waals surface area contributed by atoms with Crippen molar-refractivity contribution in [1.82, 2.24) is 14.8 Å². The molecule has 0 aliphatic rings. The van der Waals surface area contributed by atoms with E-state index in [9.17, 15) is 9.18 Å². The van der Waals surface area contributed by atoms with Gasteiger partial charge in [-0.3, -0.25) is 14.9 Å². The highest BCUT2D eigenvalue weighted by Crippen LogP contribution is 2.22. The lowest BCUT2D eigenvalue weighted by molar-refractivity contribution is 0.627. The highest BCUT2D eigenvalue weighted by Gasteiger charge is 2.19. The molecule has 0 bridgehead atoms. The van der Waals surface area contributed by atoms with Crippen LogP contribution >= 0.6 is 0 Å². The van der Waals surface area contributed by atoms with Gasteiger partial charge in [0.05, 0.1) is 16.9 Å². The summed E-state index contributed by atoms with van der Waals surface area (Å²) in [5, 5.41) is 4.40. The van der Waals surface area contributed by atoms with Crippen molar-refractivity contribution in [1.29, 1.82) is 0 Å². The van der Waals surface area contributed by atoms with Crippen LogP contribution in [0.3, 0.4) is 0 Å². The summed E-state index contributed by atoms with van der Waals surface area (Å²) in [7, 11) is 0. The Labute approximate surface area is 190 Å². The zero-order valence-electron chi connectivity index (χ0n) is 18.2. The SMILES string of the molecule is CC(=NCCc1c[nH]c2ccccc12)c1c(-c2ccccc2)[nH]n(-c2ccc(F)cc2)c1=O. The van der Waals surface area contributed by atoms with Crippen LogP contribution in [0, 0.1) is 5.82 Å². The molecule has 0 aliphatic carbocycles. The lowest BCUT2D eigenvalue weighted by Crippen LogP contribution is -2.20. The maximum Gasteiger partial charge on any atom is 0.280 e. The second-order valence-corrected chi connectivity index (χ2v) is 7.92. The normalized spacial score (nSPS) is 11.9. The van der Waals surface area contributed by atoms with Gasteiger partial charge in [0.1, 0.15) is 5.82 Å². The number of rotatable bonds is 6. The van der Waals surface area contributed by atoms with E-state index in [1.165, 1.54) is 27.8 Å². The Bertz CT molecular complexity index is 1490. The van der Waals surface area contributed by atoms with Crippen molar-refractivity contribution < 1.29 is 4.39 Å². The number of hydrogen-bond acceptors (Lipinski definition) is 2. The lowest BCUT2D eigenvalue weighted by atomic mass is 10.1. The number of aromatic amines is 2. The van der Waals surface area contributed by atoms with Gasteiger partial charge in [-0.25, -0.2) is 9.07 Å². The summed E-state index contributed by atoms with van der Waals surface area (Å²) in [6.45, 7) is 2.42. The van der Waals surface area contributed by atoms with E-state index in [-0.39, 0.29) is 11.4 Å². The summed E-state index contributed by atoms with van der Waals surface area (Å²) < 4.78 is 14.9. The second-order valence-electron chi connectivity index (χ2n) is 7.92. The van der Waals surface area contributed by atoms with E-state index >= 15 is 0 Å². The molecule has 164 valence electrons. The number of H-pyrrole nitrogens is 2. The summed E-state index contributed by atoms with van der Waals surface area (Å²) in [6.07, 6.45) is 2.78. The predicted molar refractivity (Wildman–Crippen MR) is 131 cm³/mol. The topological polar surface area (TPSA) is 65.9 Å². The van der Waals surface area contributed by atoms with Gasteiger partial charge in [-0.05, 0) is 49.2 Å². The van der Waals surface area contributed by atoms with Crippen LogP contribution in [-0.4, -0.2) is 27.0 Å². The summed E-state index contributed by atoms with van der Waals surface area (Å²) in [4.78, 5) is 21.5. The number of benzene rings is 3. The van der Waals surface area contributed by atoms with Crippen LogP contribution in [0.4, 0.5) is 4.39 Å². The Kier molecular flexibility index (Phi) is 5.48. The Hall–Kier alpha value is -4.19. The van der Waals surface area contributed by atoms with E-state index in [1.54, 1.807) is 12.1 Å². The molecule has 0 amide bonds. The van der Waals surface area contributed by atoms with Crippen molar-refractivity contribution in [2.24, 2.45) is 4.99 Å². The molecule has 2 heterocycles. The van der Waals surface area contributed by atoms with Crippen LogP contribution in [0.2, 0.25) is 0 Å². The largest absolute Gasteiger partial charge is 0.361 e. The van der Waals surface area contributed by atoms with Gasteiger partial charge in [0.15, 0.2) is 0 Å². The van der Waals surface area contributed by atoms with Gasteiger partial charge < -0.3 is 4.98 Å². The maximum absolute atomic E-state index is 13.4. The van der Waals surface area contributed by atoms with Gasteiger partial charge in [0.2, 0.25) is 0 Å². The fourth-order valence-electron chi connectivity index (χ4n) is 4.12. The van der Waals surface area contributed by atoms with Gasteiger partial charge in [0, 0.05) is 34.9 Å². The van der Waals surface area contributed by atoms with Crippen molar-refractivity contribution in [2.75, 3.05) is 6.54 Å². The summed E-state index contributed by atoms with van der Waals surface area (Å²) in [5.41, 5.74) is 5.41. The molecule has 5 aromatic rings. The third-order valence-electron chi connectivity index (χ3n) is 5.80. The van der Waals surface area contributed by atoms with Crippen molar-refractivity contribution in [3.8, 4) is 16.9 Å². The molecule has 0 spiro atoms. The van der Waals surface area contributed by atoms with Crippen molar-refractivity contribution in [3.63, 3.8) is 0 Å². The average Bonchev–Trinajstić information content (AvgIpc) is 3.41. The zero-order valence-corrected chi connectivity index (χ0v) is 18.2. The number of nitrogens with one attached hydrogen (secondary N) is 2. The van der Waals surface area contributed by atoms with Crippen molar-refractivity contribution in [2.45, 2.75) is 13.3 Å². The first-order valence-corrected chi connectivity index (χ1v) is 10.8. The predicted octanol–water partition coefficient (Wildman–Crippen LogP) is 5.50. The van der Waals surface area contributed by atoms with E-state index in [0.717, 1.165) is 17.5 Å². The molecule has 5 nitrogen and oxygen atoms in total. The van der Waals surface area contributed by atoms with Gasteiger partial charge in [0.25, 0.3) is 5.56 Å². The maximum atomic E-state index is 13.4. The second kappa shape index (κ2) is 8.74. The highest BCUT2D eigenvalue weighted by atomic mass is 19.1. The van der Waals surface area contributed by atoms with E-state index in [0.29, 0.717) is 29.2 Å². The first-order valence-electron chi connectivity index (χ1n) is 10.8. The van der Waals surface area contributed by atoms with Crippen LogP contribution in [0.25, 0.3) is 27.8 Å². The first-order chi connectivity index (χ1) is 16.1. The molecular weight excluding hydrogens is 415 g/mol. The number of hydrogen-bond donors (Lipinski definition) is 2. The minimum absolute atomic E-state index is 0.214. The summed E-state index contributed by atoms with van der Waals surface area (Å²) in [5.74, 6) is -0.350. The van der Waals surface area contributed by atoms with Gasteiger partial charge >= 0.3 is 0 Å². The van der Waals surface area contributed by atoms with Crippen LogP contribution in [0.5, 0.6) is 0 Å². The monoisotopic (exact) mass is 438 g/mol. The third-order valence-corrected chi connectivity index (χ3v) is 5.80. The fraction of sp³-hybridized carbons (Fsp3) is 0.111. The zero-order chi connectivity index (χ0) is 22.8. The number of fused-ring (bicyclic) bond motifs is 1. The summed E-state index contributed by atoms with van der Waals surface area (Å²) in [6, 6.07) is 23.7. The van der Waals surface area contributed by atoms with Gasteiger partial charge in [-0.1, -0.05) is 48.5 Å². The molecule has 0 aliphatic heterocycles. The number of halogens is 1. The first kappa shape index (κ1) is 20.7. The Morgan fingerprint density at radius 3 is 2.48 bits per heavy atom. The molecule has 33 heavy (non-hydrogen) atoms. The number of para-hydroxylation sites is 1. The highest BCUT2D eigenvalue weighted by molar-refractivity contribution is 6.03. The minimum atomic E-state index is -0.350. The van der Waals surface area contributed by atoms with E-state index in [2.05, 4.69) is 22.2 Å². The Balaban J connectivity index is 1.51. The molecule has 3 aromatic carbocycles. The number of aromatic nitrogens is 3. The molecule has 0 unspecified atom stereocenters. The smallest absolute Gasteiger partial charge is 0.280 e. The molecule has 0 radical (unpaired) electrons. The standard InChI is InChI=1S/C27H23FN4O/c1-18(29-16-15-20-17-30-24-10-6-5-9-23(20)24)25-26(19-7-3-2-4-8-19)31-32(27(25)33)22-13-11-21(28)12-14-22/h2-14,17,30-31H,15-16H2,1H3. The van der Waals surface area contributed by atoms with Gasteiger partial charge in [-0.2, -0.15) is 0 Å². The molecule has 6 heteroatoms. The molecular formula is C27H23FN4O. The Morgan fingerprint density at radius 1 is 0.970 bits per heavy atom. The van der Waals surface area contributed by atoms with Crippen molar-refractivity contribution in [3.05, 3.63) is 112 Å². The quantitative estimate of drug-likeness (QED) is 0.338. The number of aliphatic imine (C=N–C) groups is 1. The molecule has 0 fully saturated rings. The lowest BCUT2D eigenvalue weighted by Gasteiger charge is -2.03. The number of nitrogens with zero attached hydrogens (tertiary/aromatic N) is 2. The molecule has 0 saturated heterocycles. The van der Waals surface area contributed by atoms with Gasteiger partial charge in [-0.15, -0.1) is 0 Å². The molecule has 2 N–H and O–H groups in total. The molecule has 2 aromatic heterocycles. The molecule has 0 atom stereocenters. The van der Waals surface area contributed by atoms with Crippen molar-refractivity contribution >= 4 is 16.6 Å². The van der Waals surface area contributed by atoms with E-state index in [4.69, 9.17) is 4.99 Å². The van der Waals surface area contributed by atoms with Crippen LogP contribution < -0.4 is 5.56 Å². The van der Waals surface area contributed by atoms with E-state index in [1.807, 2.05) is 55.6 Å². The van der Waals surface area contributed by atoms with E-state index < -0.39 is 0 Å². The van der Waals surface area contributed by atoms with Crippen LogP contribution in [-0.2, 0) is 6.42 Å². The average molecular weight is 439 g/mol. The van der Waals surface area contributed by atoms with Crippen LogP contribution in [0.1, 0.15) is 18.1 Å². The van der Waals surface area contributed by atoms with Crippen LogP contribution in [0.15, 0.2) is 94.8 Å².